The monoisotopic (exact) mass is 291 g/mol. The van der Waals surface area contributed by atoms with E-state index in [1.165, 1.54) is 6.07 Å². The van der Waals surface area contributed by atoms with E-state index in [-0.39, 0.29) is 18.4 Å². The number of halogens is 1. The number of rotatable bonds is 6. The normalized spacial score (nSPS) is 16.0. The van der Waals surface area contributed by atoms with Crippen LogP contribution in [0, 0.1) is 5.82 Å². The Bertz CT molecular complexity index is 623. The van der Waals surface area contributed by atoms with Gasteiger partial charge in [0.05, 0.1) is 0 Å². The van der Waals surface area contributed by atoms with Crippen LogP contribution in [-0.2, 0) is 13.0 Å². The lowest BCUT2D eigenvalue weighted by atomic mass is 10.1. The molecule has 0 amide bonds. The van der Waals surface area contributed by atoms with E-state index in [2.05, 4.69) is 10.1 Å². The second kappa shape index (κ2) is 5.81. The molecular formula is C15H18FN3O2. The fraction of sp³-hybridized carbons (Fsp3) is 0.467. The van der Waals surface area contributed by atoms with E-state index in [0.717, 1.165) is 24.2 Å². The maximum absolute atomic E-state index is 13.9. The summed E-state index contributed by atoms with van der Waals surface area (Å²) in [6, 6.07) is 4.86. The van der Waals surface area contributed by atoms with Crippen molar-refractivity contribution in [1.29, 1.82) is 0 Å². The molecule has 1 aliphatic rings. The van der Waals surface area contributed by atoms with Crippen molar-refractivity contribution in [3.63, 3.8) is 0 Å². The van der Waals surface area contributed by atoms with Gasteiger partial charge in [0.25, 0.3) is 5.89 Å². The van der Waals surface area contributed by atoms with Crippen molar-refractivity contribution >= 4 is 0 Å². The summed E-state index contributed by atoms with van der Waals surface area (Å²) < 4.78 is 24.4. The molecule has 5 nitrogen and oxygen atoms in total. The molecule has 0 radical (unpaired) electrons. The van der Waals surface area contributed by atoms with Crippen LogP contribution >= 0.6 is 0 Å². The predicted octanol–water partition coefficient (Wildman–Crippen LogP) is 2.55. The van der Waals surface area contributed by atoms with Crippen molar-refractivity contribution in [3.8, 4) is 5.75 Å². The molecular weight excluding hydrogens is 273 g/mol. The quantitative estimate of drug-likeness (QED) is 0.885. The lowest BCUT2D eigenvalue weighted by Gasteiger charge is -2.08. The van der Waals surface area contributed by atoms with Gasteiger partial charge in [-0.3, -0.25) is 0 Å². The molecule has 1 heterocycles. The molecule has 1 aromatic carbocycles. The molecule has 1 aromatic heterocycles. The van der Waals surface area contributed by atoms with E-state index in [1.54, 1.807) is 6.07 Å². The molecule has 3 rings (SSSR count). The molecule has 1 aliphatic carbocycles. The van der Waals surface area contributed by atoms with Crippen LogP contribution in [0.5, 0.6) is 5.75 Å². The van der Waals surface area contributed by atoms with E-state index in [9.17, 15) is 4.39 Å². The Labute approximate surface area is 122 Å². The van der Waals surface area contributed by atoms with Crippen molar-refractivity contribution < 1.29 is 13.7 Å². The van der Waals surface area contributed by atoms with Gasteiger partial charge < -0.3 is 15.0 Å². The lowest BCUT2D eigenvalue weighted by molar-refractivity contribution is 0.234. The van der Waals surface area contributed by atoms with Crippen molar-refractivity contribution in [3.05, 3.63) is 41.3 Å². The number of benzene rings is 1. The minimum Gasteiger partial charge on any atom is -0.481 e. The van der Waals surface area contributed by atoms with Gasteiger partial charge in [0.2, 0.25) is 0 Å². The maximum Gasteiger partial charge on any atom is 0.264 e. The van der Waals surface area contributed by atoms with Gasteiger partial charge in [-0.1, -0.05) is 11.2 Å². The third-order valence-corrected chi connectivity index (χ3v) is 3.33. The van der Waals surface area contributed by atoms with Crippen LogP contribution in [-0.4, -0.2) is 16.2 Å². The molecule has 1 atom stereocenters. The number of aromatic nitrogens is 2. The highest BCUT2D eigenvalue weighted by atomic mass is 19.1. The first kappa shape index (κ1) is 14.0. The number of ether oxygens (including phenoxy) is 1. The van der Waals surface area contributed by atoms with Crippen LogP contribution in [0.3, 0.4) is 0 Å². The zero-order chi connectivity index (χ0) is 14.8. The summed E-state index contributed by atoms with van der Waals surface area (Å²) in [4.78, 5) is 4.23. The first-order valence-corrected chi connectivity index (χ1v) is 7.11. The Hall–Kier alpha value is -1.95. The zero-order valence-corrected chi connectivity index (χ0v) is 11.9. The SMILES string of the molecule is CC(N)Cc1ccc(OCc2nc(C3CC3)no2)c(F)c1. The first-order chi connectivity index (χ1) is 10.1. The third kappa shape index (κ3) is 3.58. The molecule has 2 N–H and O–H groups in total. The Morgan fingerprint density at radius 2 is 2.29 bits per heavy atom. The summed E-state index contributed by atoms with van der Waals surface area (Å²) in [5.41, 5.74) is 6.55. The Morgan fingerprint density at radius 1 is 1.48 bits per heavy atom. The highest BCUT2D eigenvalue weighted by Gasteiger charge is 2.28. The number of hydrogen-bond donors (Lipinski definition) is 1. The summed E-state index contributed by atoms with van der Waals surface area (Å²) in [6.07, 6.45) is 2.84. The van der Waals surface area contributed by atoms with E-state index in [4.69, 9.17) is 15.0 Å². The Kier molecular flexibility index (Phi) is 3.88. The smallest absolute Gasteiger partial charge is 0.264 e. The molecule has 0 saturated heterocycles. The van der Waals surface area contributed by atoms with Gasteiger partial charge in [0, 0.05) is 12.0 Å². The van der Waals surface area contributed by atoms with Crippen molar-refractivity contribution in [2.75, 3.05) is 0 Å². The van der Waals surface area contributed by atoms with Gasteiger partial charge >= 0.3 is 0 Å². The van der Waals surface area contributed by atoms with Gasteiger partial charge in [-0.2, -0.15) is 4.98 Å². The van der Waals surface area contributed by atoms with Gasteiger partial charge in [-0.25, -0.2) is 4.39 Å². The van der Waals surface area contributed by atoms with Crippen LogP contribution in [0.1, 0.15) is 43.0 Å². The average Bonchev–Trinajstić information content (AvgIpc) is 3.17. The first-order valence-electron chi connectivity index (χ1n) is 7.11. The Balaban J connectivity index is 1.61. The highest BCUT2D eigenvalue weighted by molar-refractivity contribution is 5.29. The molecule has 21 heavy (non-hydrogen) atoms. The van der Waals surface area contributed by atoms with Gasteiger partial charge in [0.1, 0.15) is 0 Å². The van der Waals surface area contributed by atoms with Gasteiger partial charge in [-0.15, -0.1) is 0 Å². The highest BCUT2D eigenvalue weighted by Crippen LogP contribution is 2.38. The summed E-state index contributed by atoms with van der Waals surface area (Å²) in [5, 5.41) is 3.89. The average molecular weight is 291 g/mol. The lowest BCUT2D eigenvalue weighted by Crippen LogP contribution is -2.17. The summed E-state index contributed by atoms with van der Waals surface area (Å²) in [5.74, 6) is 1.29. The number of nitrogens with two attached hydrogens (primary N) is 1. The molecule has 1 unspecified atom stereocenters. The standard InChI is InChI=1S/C15H18FN3O2/c1-9(17)6-10-2-5-13(12(16)7-10)20-8-14-18-15(19-21-14)11-3-4-11/h2,5,7,9,11H,3-4,6,8,17H2,1H3. The van der Waals surface area contributed by atoms with Crippen LogP contribution < -0.4 is 10.5 Å². The fourth-order valence-electron chi connectivity index (χ4n) is 2.13. The minimum absolute atomic E-state index is 0.00425. The van der Waals surface area contributed by atoms with Crippen molar-refractivity contribution in [2.45, 2.75) is 44.8 Å². The molecule has 0 spiro atoms. The van der Waals surface area contributed by atoms with Gasteiger partial charge in [-0.05, 0) is 43.9 Å². The summed E-state index contributed by atoms with van der Waals surface area (Å²) in [6.45, 7) is 1.96. The maximum atomic E-state index is 13.9. The topological polar surface area (TPSA) is 74.2 Å². The number of hydrogen-bond acceptors (Lipinski definition) is 5. The van der Waals surface area contributed by atoms with Crippen LogP contribution in [0.2, 0.25) is 0 Å². The molecule has 2 aromatic rings. The van der Waals surface area contributed by atoms with Crippen molar-refractivity contribution in [2.24, 2.45) is 5.73 Å². The van der Waals surface area contributed by atoms with Crippen molar-refractivity contribution in [1.82, 2.24) is 10.1 Å². The summed E-state index contributed by atoms with van der Waals surface area (Å²) in [7, 11) is 0. The van der Waals surface area contributed by atoms with E-state index >= 15 is 0 Å². The second-order valence-electron chi connectivity index (χ2n) is 5.56. The second-order valence-corrected chi connectivity index (χ2v) is 5.56. The van der Waals surface area contributed by atoms with E-state index < -0.39 is 5.82 Å². The molecule has 0 bridgehead atoms. The van der Waals surface area contributed by atoms with Crippen LogP contribution in [0.4, 0.5) is 4.39 Å². The van der Waals surface area contributed by atoms with Gasteiger partial charge in [0.15, 0.2) is 24.0 Å². The third-order valence-electron chi connectivity index (χ3n) is 3.33. The molecule has 1 fully saturated rings. The molecule has 112 valence electrons. The minimum atomic E-state index is -0.407. The predicted molar refractivity (Wildman–Crippen MR) is 74.4 cm³/mol. The van der Waals surface area contributed by atoms with E-state index in [0.29, 0.717) is 18.2 Å². The zero-order valence-electron chi connectivity index (χ0n) is 11.9. The molecule has 6 heteroatoms. The summed E-state index contributed by atoms with van der Waals surface area (Å²) >= 11 is 0. The largest absolute Gasteiger partial charge is 0.481 e. The fourth-order valence-corrected chi connectivity index (χ4v) is 2.13. The van der Waals surface area contributed by atoms with E-state index in [1.807, 2.05) is 13.0 Å². The van der Waals surface area contributed by atoms with Crippen LogP contribution in [0.15, 0.2) is 22.7 Å². The van der Waals surface area contributed by atoms with Crippen LogP contribution in [0.25, 0.3) is 0 Å². The number of nitrogens with zero attached hydrogens (tertiary/aromatic N) is 2. The molecule has 1 saturated carbocycles. The molecule has 0 aliphatic heterocycles. The Morgan fingerprint density at radius 3 is 2.95 bits per heavy atom.